The van der Waals surface area contributed by atoms with Crippen molar-refractivity contribution in [2.45, 2.75) is 51.5 Å². The second-order valence-electron chi connectivity index (χ2n) is 7.86. The molecular weight excluding hydrogens is 274 g/mol. The van der Waals surface area contributed by atoms with Crippen LogP contribution in [0, 0.1) is 23.2 Å². The number of carbonyl (C=O) groups excluding carboxylic acids is 1. The number of nitrogens with one attached hydrogen (secondary N) is 1. The summed E-state index contributed by atoms with van der Waals surface area (Å²) in [5, 5.41) is 3.23. The van der Waals surface area contributed by atoms with Crippen molar-refractivity contribution >= 4 is 12.0 Å². The van der Waals surface area contributed by atoms with Crippen LogP contribution in [0.4, 0.5) is 0 Å². The van der Waals surface area contributed by atoms with E-state index in [1.54, 1.807) is 18.4 Å². The summed E-state index contributed by atoms with van der Waals surface area (Å²) in [5.74, 6) is 3.48. The third-order valence-electron chi connectivity index (χ3n) is 6.31. The van der Waals surface area contributed by atoms with Crippen LogP contribution in [0.1, 0.15) is 51.2 Å². The lowest BCUT2D eigenvalue weighted by Crippen LogP contribution is -2.55. The van der Waals surface area contributed by atoms with Crippen molar-refractivity contribution < 1.29 is 9.21 Å². The number of hydrogen-bond donors (Lipinski definition) is 1. The van der Waals surface area contributed by atoms with Gasteiger partial charge >= 0.3 is 0 Å². The first-order valence-electron chi connectivity index (χ1n) is 8.65. The molecule has 0 spiro atoms. The first kappa shape index (κ1) is 14.1. The zero-order chi connectivity index (χ0) is 15.2. The molecule has 1 aromatic rings. The smallest absolute Gasteiger partial charge is 0.244 e. The van der Waals surface area contributed by atoms with E-state index in [1.807, 2.05) is 12.1 Å². The predicted octanol–water partition coefficient (Wildman–Crippen LogP) is 4.01. The van der Waals surface area contributed by atoms with E-state index in [0.29, 0.717) is 5.41 Å². The molecule has 4 fully saturated rings. The van der Waals surface area contributed by atoms with Crippen LogP contribution in [0.2, 0.25) is 0 Å². The summed E-state index contributed by atoms with van der Waals surface area (Å²) in [7, 11) is 0. The number of hydrogen-bond acceptors (Lipinski definition) is 2. The summed E-state index contributed by atoms with van der Waals surface area (Å²) in [5.41, 5.74) is 0.364. The van der Waals surface area contributed by atoms with Gasteiger partial charge in [-0.25, -0.2) is 0 Å². The third-order valence-corrected chi connectivity index (χ3v) is 6.31. The molecule has 0 saturated heterocycles. The lowest BCUT2D eigenvalue weighted by atomic mass is 9.48. The average molecular weight is 299 g/mol. The van der Waals surface area contributed by atoms with E-state index in [9.17, 15) is 4.79 Å². The Morgan fingerprint density at radius 3 is 2.45 bits per heavy atom. The standard InChI is InChI=1S/C19H25NO2/c1-13(20-18(21)5-4-17-3-2-6-22-17)19-10-14-7-15(11-19)9-16(8-14)12-19/h2-6,13-16H,7-12H2,1H3,(H,20,21)/b5-4+/t13-,14?,15?,16?,19?/m1/s1. The van der Waals surface area contributed by atoms with E-state index in [-0.39, 0.29) is 11.9 Å². The minimum Gasteiger partial charge on any atom is -0.465 e. The molecule has 0 radical (unpaired) electrons. The van der Waals surface area contributed by atoms with Crippen LogP contribution < -0.4 is 5.32 Å². The lowest BCUT2D eigenvalue weighted by Gasteiger charge is -2.59. The van der Waals surface area contributed by atoms with E-state index in [2.05, 4.69) is 12.2 Å². The maximum atomic E-state index is 12.2. The third kappa shape index (κ3) is 2.51. The number of rotatable bonds is 4. The van der Waals surface area contributed by atoms with Gasteiger partial charge in [-0.1, -0.05) is 0 Å². The summed E-state index contributed by atoms with van der Waals surface area (Å²) in [6.45, 7) is 2.21. The maximum Gasteiger partial charge on any atom is 0.244 e. The van der Waals surface area contributed by atoms with Gasteiger partial charge in [0.1, 0.15) is 5.76 Å². The minimum atomic E-state index is -0.000328. The van der Waals surface area contributed by atoms with Gasteiger partial charge in [-0.3, -0.25) is 4.79 Å². The Morgan fingerprint density at radius 2 is 1.91 bits per heavy atom. The molecule has 0 aromatic carbocycles. The monoisotopic (exact) mass is 299 g/mol. The van der Waals surface area contributed by atoms with Crippen molar-refractivity contribution in [1.29, 1.82) is 0 Å². The van der Waals surface area contributed by atoms with E-state index >= 15 is 0 Å². The molecule has 3 heteroatoms. The number of carbonyl (C=O) groups is 1. The first-order chi connectivity index (χ1) is 10.6. The molecule has 1 N–H and O–H groups in total. The Hall–Kier alpha value is -1.51. The highest BCUT2D eigenvalue weighted by Gasteiger charge is 2.53. The largest absolute Gasteiger partial charge is 0.465 e. The van der Waals surface area contributed by atoms with Gasteiger partial charge in [0.05, 0.1) is 6.26 Å². The maximum absolute atomic E-state index is 12.2. The van der Waals surface area contributed by atoms with Gasteiger partial charge in [-0.05, 0) is 86.8 Å². The predicted molar refractivity (Wildman–Crippen MR) is 86.0 cm³/mol. The zero-order valence-corrected chi connectivity index (χ0v) is 13.3. The molecule has 4 aliphatic carbocycles. The van der Waals surface area contributed by atoms with Gasteiger partial charge in [0, 0.05) is 12.1 Å². The Kier molecular flexibility index (Phi) is 3.39. The van der Waals surface area contributed by atoms with Crippen molar-refractivity contribution in [2.24, 2.45) is 23.2 Å². The quantitative estimate of drug-likeness (QED) is 0.853. The Bertz CT molecular complexity index is 537. The molecule has 4 saturated carbocycles. The van der Waals surface area contributed by atoms with Crippen LogP contribution in [0.25, 0.3) is 6.08 Å². The molecule has 5 rings (SSSR count). The fourth-order valence-electron chi connectivity index (χ4n) is 5.67. The molecule has 1 amide bonds. The molecule has 4 aliphatic rings. The van der Waals surface area contributed by atoms with Gasteiger partial charge in [0.25, 0.3) is 0 Å². The highest BCUT2D eigenvalue weighted by atomic mass is 16.3. The molecule has 22 heavy (non-hydrogen) atoms. The minimum absolute atomic E-state index is 0.000328. The molecule has 118 valence electrons. The molecule has 4 bridgehead atoms. The van der Waals surface area contributed by atoms with Crippen molar-refractivity contribution in [3.8, 4) is 0 Å². The van der Waals surface area contributed by atoms with Gasteiger partial charge < -0.3 is 9.73 Å². The van der Waals surface area contributed by atoms with E-state index < -0.39 is 0 Å². The van der Waals surface area contributed by atoms with Gasteiger partial charge in [0.2, 0.25) is 5.91 Å². The second kappa shape index (κ2) is 5.29. The highest BCUT2D eigenvalue weighted by molar-refractivity contribution is 5.91. The van der Waals surface area contributed by atoms with E-state index in [1.165, 1.54) is 38.5 Å². The number of amides is 1. The molecule has 0 aliphatic heterocycles. The fraction of sp³-hybridized carbons (Fsp3) is 0.632. The summed E-state index contributed by atoms with van der Waals surface area (Å²) in [6.07, 6.45) is 13.2. The Morgan fingerprint density at radius 1 is 1.27 bits per heavy atom. The van der Waals surface area contributed by atoms with Gasteiger partial charge in [-0.15, -0.1) is 0 Å². The van der Waals surface area contributed by atoms with Crippen LogP contribution in [-0.2, 0) is 4.79 Å². The SMILES string of the molecule is C[C@@H](NC(=O)/C=C/c1ccco1)C12CC3CC(CC(C3)C1)C2. The molecule has 1 heterocycles. The lowest BCUT2D eigenvalue weighted by molar-refractivity contribution is -0.121. The molecule has 1 atom stereocenters. The van der Waals surface area contributed by atoms with Crippen molar-refractivity contribution in [1.82, 2.24) is 5.32 Å². The highest BCUT2D eigenvalue weighted by Crippen LogP contribution is 2.61. The first-order valence-corrected chi connectivity index (χ1v) is 8.65. The molecule has 3 nitrogen and oxygen atoms in total. The van der Waals surface area contributed by atoms with Crippen molar-refractivity contribution in [3.05, 3.63) is 30.2 Å². The van der Waals surface area contributed by atoms with Gasteiger partial charge in [-0.2, -0.15) is 0 Å². The van der Waals surface area contributed by atoms with E-state index in [0.717, 1.165) is 23.5 Å². The number of furan rings is 1. The average Bonchev–Trinajstić information content (AvgIpc) is 2.97. The molecule has 0 unspecified atom stereocenters. The second-order valence-corrected chi connectivity index (χ2v) is 7.86. The topological polar surface area (TPSA) is 42.2 Å². The Labute approximate surface area is 132 Å². The summed E-state index contributed by atoms with van der Waals surface area (Å²) in [6, 6.07) is 3.96. The fourth-order valence-corrected chi connectivity index (χ4v) is 5.67. The van der Waals surface area contributed by atoms with Crippen LogP contribution in [-0.4, -0.2) is 11.9 Å². The summed E-state index contributed by atoms with van der Waals surface area (Å²) in [4.78, 5) is 12.2. The van der Waals surface area contributed by atoms with Crippen molar-refractivity contribution in [2.75, 3.05) is 0 Å². The van der Waals surface area contributed by atoms with E-state index in [4.69, 9.17) is 4.42 Å². The van der Waals surface area contributed by atoms with Crippen molar-refractivity contribution in [3.63, 3.8) is 0 Å². The van der Waals surface area contributed by atoms with Crippen LogP contribution in [0.3, 0.4) is 0 Å². The zero-order valence-electron chi connectivity index (χ0n) is 13.3. The summed E-state index contributed by atoms with van der Waals surface area (Å²) >= 11 is 0. The Balaban J connectivity index is 1.41. The molecular formula is C19H25NO2. The van der Waals surface area contributed by atoms with Gasteiger partial charge in [0.15, 0.2) is 0 Å². The van der Waals surface area contributed by atoms with Crippen LogP contribution >= 0.6 is 0 Å². The van der Waals surface area contributed by atoms with Crippen LogP contribution in [0.15, 0.2) is 28.9 Å². The normalized spacial score (nSPS) is 37.6. The van der Waals surface area contributed by atoms with Crippen LogP contribution in [0.5, 0.6) is 0 Å². The molecule has 1 aromatic heterocycles. The summed E-state index contributed by atoms with van der Waals surface area (Å²) < 4.78 is 5.22.